The van der Waals surface area contributed by atoms with E-state index in [1.165, 1.54) is 18.4 Å². The van der Waals surface area contributed by atoms with Gasteiger partial charge in [-0.05, 0) is 54.2 Å². The van der Waals surface area contributed by atoms with Crippen molar-refractivity contribution in [3.05, 3.63) is 34.9 Å². The van der Waals surface area contributed by atoms with Crippen LogP contribution in [-0.4, -0.2) is 28.9 Å². The highest BCUT2D eigenvalue weighted by atomic mass is 16.3. The number of aliphatic hydroxyl groups is 1. The number of imide groups is 1. The molecule has 4 nitrogen and oxygen atoms in total. The average molecular weight is 285 g/mol. The summed E-state index contributed by atoms with van der Waals surface area (Å²) in [5.74, 6) is 1.55. The van der Waals surface area contributed by atoms with Gasteiger partial charge in [-0.25, -0.2) is 0 Å². The molecule has 0 bridgehead atoms. The fraction of sp³-hybridized carbons (Fsp3) is 0.529. The van der Waals surface area contributed by atoms with Crippen LogP contribution in [0.25, 0.3) is 0 Å². The van der Waals surface area contributed by atoms with E-state index in [1.807, 2.05) is 12.1 Å². The molecule has 1 N–H and O–H groups in total. The molecule has 3 atom stereocenters. The molecule has 110 valence electrons. The van der Waals surface area contributed by atoms with E-state index in [0.29, 0.717) is 11.5 Å². The first-order valence-electron chi connectivity index (χ1n) is 7.66. The van der Waals surface area contributed by atoms with Crippen molar-refractivity contribution in [2.75, 3.05) is 7.05 Å². The van der Waals surface area contributed by atoms with Crippen LogP contribution in [0.3, 0.4) is 0 Å². The largest absolute Gasteiger partial charge is 0.388 e. The highest BCUT2D eigenvalue weighted by Gasteiger charge is 2.48. The third kappa shape index (κ3) is 2.01. The minimum Gasteiger partial charge on any atom is -0.388 e. The van der Waals surface area contributed by atoms with Gasteiger partial charge in [0.05, 0.1) is 12.5 Å². The lowest BCUT2D eigenvalue weighted by atomic mass is 9.88. The normalized spacial score (nSPS) is 31.9. The molecule has 0 saturated heterocycles. The standard InChI is InChI=1S/C17H19NO3/c1-18-15(19)8-9-2-3-10(7-14(9)17(18)21)16(20)13-5-11-4-12(11)6-13/h2-3,7,11-13,16,20H,4-6,8H2,1H3. The van der Waals surface area contributed by atoms with E-state index in [4.69, 9.17) is 0 Å². The first-order valence-corrected chi connectivity index (χ1v) is 7.66. The van der Waals surface area contributed by atoms with Gasteiger partial charge in [0.25, 0.3) is 5.91 Å². The number of amides is 2. The molecule has 21 heavy (non-hydrogen) atoms. The number of aliphatic hydroxyl groups excluding tert-OH is 1. The second-order valence-corrected chi connectivity index (χ2v) is 6.78. The summed E-state index contributed by atoms with van der Waals surface area (Å²) in [6, 6.07) is 5.49. The average Bonchev–Trinajstić information content (AvgIpc) is 3.10. The fourth-order valence-electron chi connectivity index (χ4n) is 4.00. The third-order valence-electron chi connectivity index (χ3n) is 5.45. The number of fused-ring (bicyclic) bond motifs is 2. The van der Waals surface area contributed by atoms with Crippen molar-refractivity contribution < 1.29 is 14.7 Å². The maximum atomic E-state index is 12.2. The Morgan fingerprint density at radius 2 is 1.90 bits per heavy atom. The van der Waals surface area contributed by atoms with Crippen molar-refractivity contribution in [3.63, 3.8) is 0 Å². The highest BCUT2D eigenvalue weighted by Crippen LogP contribution is 2.57. The van der Waals surface area contributed by atoms with Crippen molar-refractivity contribution in [3.8, 4) is 0 Å². The molecule has 0 aromatic heterocycles. The van der Waals surface area contributed by atoms with E-state index >= 15 is 0 Å². The molecule has 2 aliphatic carbocycles. The van der Waals surface area contributed by atoms with Gasteiger partial charge in [0, 0.05) is 12.6 Å². The first kappa shape index (κ1) is 13.0. The van der Waals surface area contributed by atoms with Gasteiger partial charge in [0.1, 0.15) is 0 Å². The minimum atomic E-state index is -0.487. The summed E-state index contributed by atoms with van der Waals surface area (Å²) in [5.41, 5.74) is 2.15. The Hall–Kier alpha value is -1.68. The summed E-state index contributed by atoms with van der Waals surface area (Å²) < 4.78 is 0. The van der Waals surface area contributed by atoms with Crippen LogP contribution in [0, 0.1) is 17.8 Å². The van der Waals surface area contributed by atoms with Crippen LogP contribution in [0.2, 0.25) is 0 Å². The molecular weight excluding hydrogens is 266 g/mol. The summed E-state index contributed by atoms with van der Waals surface area (Å²) in [6.45, 7) is 0. The Labute approximate surface area is 123 Å². The molecule has 4 rings (SSSR count). The Bertz CT molecular complexity index is 629. The fourth-order valence-corrected chi connectivity index (χ4v) is 4.00. The van der Waals surface area contributed by atoms with E-state index in [0.717, 1.165) is 35.8 Å². The molecule has 3 unspecified atom stereocenters. The van der Waals surface area contributed by atoms with E-state index < -0.39 is 6.10 Å². The number of carbonyl (C=O) groups excluding carboxylic acids is 2. The van der Waals surface area contributed by atoms with Crippen molar-refractivity contribution in [2.24, 2.45) is 17.8 Å². The summed E-state index contributed by atoms with van der Waals surface area (Å²) in [6.07, 6.45) is 3.32. The van der Waals surface area contributed by atoms with E-state index in [2.05, 4.69) is 0 Å². The molecule has 4 heteroatoms. The molecule has 1 heterocycles. The Morgan fingerprint density at radius 3 is 2.62 bits per heavy atom. The Morgan fingerprint density at radius 1 is 1.19 bits per heavy atom. The van der Waals surface area contributed by atoms with Crippen LogP contribution in [0.5, 0.6) is 0 Å². The second-order valence-electron chi connectivity index (χ2n) is 6.78. The molecule has 1 aliphatic heterocycles. The van der Waals surface area contributed by atoms with Crippen molar-refractivity contribution in [2.45, 2.75) is 31.8 Å². The number of carbonyl (C=O) groups is 2. The zero-order chi connectivity index (χ0) is 14.7. The second kappa shape index (κ2) is 4.41. The summed E-state index contributed by atoms with van der Waals surface area (Å²) in [4.78, 5) is 25.1. The topological polar surface area (TPSA) is 57.6 Å². The predicted octanol–water partition coefficient (Wildman–Crippen LogP) is 1.92. The van der Waals surface area contributed by atoms with Gasteiger partial charge in [0.2, 0.25) is 5.91 Å². The maximum Gasteiger partial charge on any atom is 0.260 e. The van der Waals surface area contributed by atoms with Gasteiger partial charge >= 0.3 is 0 Å². The monoisotopic (exact) mass is 285 g/mol. The zero-order valence-corrected chi connectivity index (χ0v) is 12.1. The number of hydrogen-bond donors (Lipinski definition) is 1. The number of rotatable bonds is 2. The quantitative estimate of drug-likeness (QED) is 0.845. The Balaban J connectivity index is 1.63. The van der Waals surface area contributed by atoms with Crippen molar-refractivity contribution in [1.29, 1.82) is 0 Å². The first-order chi connectivity index (χ1) is 10.0. The smallest absolute Gasteiger partial charge is 0.260 e. The molecule has 0 spiro atoms. The SMILES string of the molecule is CN1C(=O)Cc2ccc(C(O)C3CC4CC4C3)cc2C1=O. The van der Waals surface area contributed by atoms with Crippen molar-refractivity contribution in [1.82, 2.24) is 4.90 Å². The van der Waals surface area contributed by atoms with Gasteiger partial charge in [-0.15, -0.1) is 0 Å². The highest BCUT2D eigenvalue weighted by molar-refractivity contribution is 6.09. The Kier molecular flexibility index (Phi) is 2.73. The van der Waals surface area contributed by atoms with E-state index in [9.17, 15) is 14.7 Å². The molecule has 1 aromatic carbocycles. The molecule has 3 aliphatic rings. The van der Waals surface area contributed by atoms with Crippen LogP contribution >= 0.6 is 0 Å². The molecule has 0 radical (unpaired) electrons. The summed E-state index contributed by atoms with van der Waals surface area (Å²) in [7, 11) is 1.52. The van der Waals surface area contributed by atoms with E-state index in [1.54, 1.807) is 6.07 Å². The molecule has 1 aromatic rings. The lowest BCUT2D eigenvalue weighted by molar-refractivity contribution is -0.127. The van der Waals surface area contributed by atoms with Gasteiger partial charge in [0.15, 0.2) is 0 Å². The van der Waals surface area contributed by atoms with Gasteiger partial charge in [-0.3, -0.25) is 14.5 Å². The van der Waals surface area contributed by atoms with Crippen LogP contribution < -0.4 is 0 Å². The summed E-state index contributed by atoms with van der Waals surface area (Å²) >= 11 is 0. The van der Waals surface area contributed by atoms with Crippen molar-refractivity contribution >= 4 is 11.8 Å². The predicted molar refractivity (Wildman–Crippen MR) is 76.5 cm³/mol. The molecule has 2 amide bonds. The number of nitrogens with zero attached hydrogens (tertiary/aromatic N) is 1. The third-order valence-corrected chi connectivity index (χ3v) is 5.45. The number of benzene rings is 1. The molecular formula is C17H19NO3. The van der Waals surface area contributed by atoms with Gasteiger partial charge in [-0.2, -0.15) is 0 Å². The molecule has 2 fully saturated rings. The minimum absolute atomic E-state index is 0.170. The van der Waals surface area contributed by atoms with E-state index in [-0.39, 0.29) is 18.2 Å². The van der Waals surface area contributed by atoms with Crippen LogP contribution in [0.1, 0.15) is 46.9 Å². The van der Waals surface area contributed by atoms with Gasteiger partial charge in [-0.1, -0.05) is 12.1 Å². The van der Waals surface area contributed by atoms with Gasteiger partial charge < -0.3 is 5.11 Å². The lowest BCUT2D eigenvalue weighted by Crippen LogP contribution is -2.39. The zero-order valence-electron chi connectivity index (χ0n) is 12.1. The molecule has 2 saturated carbocycles. The van der Waals surface area contributed by atoms with Crippen LogP contribution in [0.4, 0.5) is 0 Å². The number of likely N-dealkylation sites (N-methyl/N-ethyl adjacent to an activating group) is 1. The maximum absolute atomic E-state index is 12.2. The van der Waals surface area contributed by atoms with Crippen LogP contribution in [0.15, 0.2) is 18.2 Å². The summed E-state index contributed by atoms with van der Waals surface area (Å²) in [5, 5.41) is 10.6. The lowest BCUT2D eigenvalue weighted by Gasteiger charge is -2.25. The number of hydrogen-bond acceptors (Lipinski definition) is 3. The van der Waals surface area contributed by atoms with Crippen LogP contribution in [-0.2, 0) is 11.2 Å².